The van der Waals surface area contributed by atoms with Gasteiger partial charge in [-0.05, 0) is 74.0 Å². The third-order valence-electron chi connectivity index (χ3n) is 12.1. The summed E-state index contributed by atoms with van der Waals surface area (Å²) in [6.45, 7) is 0. The molecule has 0 radical (unpaired) electrons. The molecule has 0 aliphatic rings. The van der Waals surface area contributed by atoms with Crippen molar-refractivity contribution in [3.63, 3.8) is 0 Å². The summed E-state index contributed by atoms with van der Waals surface area (Å²) in [6.07, 6.45) is 0. The fourth-order valence-corrected chi connectivity index (χ4v) is 8.73. The molecule has 0 aliphatic carbocycles. The van der Waals surface area contributed by atoms with Gasteiger partial charge in [0.1, 0.15) is 66.5 Å². The quantitative estimate of drug-likeness (QED) is 0.193. The monoisotopic (exact) mass is 672 g/mol. The van der Waals surface area contributed by atoms with Crippen LogP contribution in [0.5, 0.6) is 5.75 Å². The van der Waals surface area contributed by atoms with Gasteiger partial charge in [-0.15, -0.1) is 10.9 Å². The molecule has 9 rings (SSSR count). The van der Waals surface area contributed by atoms with Gasteiger partial charge in [0, 0.05) is 22.2 Å². The van der Waals surface area contributed by atoms with Gasteiger partial charge in [-0.2, -0.15) is 0 Å². The van der Waals surface area contributed by atoms with Gasteiger partial charge in [0.05, 0.1) is 11.0 Å². The zero-order chi connectivity index (χ0) is 36.7. The minimum absolute atomic E-state index is 0.337. The van der Waals surface area contributed by atoms with Crippen LogP contribution in [0, 0.1) is 0 Å². The second kappa shape index (κ2) is 12.4. The largest absolute Gasteiger partial charge is 0.508 e. The Kier molecular flexibility index (Phi) is 7.78. The maximum Gasteiger partial charge on any atom is 0.146 e. The van der Waals surface area contributed by atoms with Crippen LogP contribution in [0.15, 0.2) is 121 Å². The first-order chi connectivity index (χ1) is 25.7. The van der Waals surface area contributed by atoms with Crippen molar-refractivity contribution in [3.05, 3.63) is 121 Å². The Morgan fingerprint density at radius 3 is 1.72 bits per heavy atom. The Hall–Kier alpha value is -5.74. The Morgan fingerprint density at radius 2 is 1.00 bits per heavy atom. The second-order valence-corrected chi connectivity index (χ2v) is 14.7. The number of para-hydroxylation sites is 3. The van der Waals surface area contributed by atoms with Crippen molar-refractivity contribution in [2.75, 3.05) is 0 Å². The third kappa shape index (κ3) is 4.88. The summed E-state index contributed by atoms with van der Waals surface area (Å²) in [5.74, 6) is 1.20. The van der Waals surface area contributed by atoms with Crippen LogP contribution >= 0.6 is 0 Å². The van der Waals surface area contributed by atoms with E-state index in [1.807, 2.05) is 0 Å². The van der Waals surface area contributed by atoms with Crippen LogP contribution < -0.4 is 38.2 Å². The highest BCUT2D eigenvalue weighted by atomic mass is 16.3. The molecule has 53 heavy (non-hydrogen) atoms. The number of phenolic OH excluding ortho intramolecular Hbond substituents is 1. The number of aromatic hydroxyl groups is 1. The summed E-state index contributed by atoms with van der Waals surface area (Å²) in [5.41, 5.74) is 16.7. The normalized spacial score (nSPS) is 11.6. The number of nitrogens with zero attached hydrogens (tertiary/aromatic N) is 2. The van der Waals surface area contributed by atoms with E-state index in [1.54, 1.807) is 0 Å². The molecule has 244 valence electrons. The zero-order valence-corrected chi connectivity index (χ0v) is 31.4. The first-order valence-electron chi connectivity index (χ1n) is 18.5. The van der Waals surface area contributed by atoms with E-state index in [2.05, 4.69) is 181 Å². The van der Waals surface area contributed by atoms with Gasteiger partial charge in [0.2, 0.25) is 0 Å². The lowest BCUT2D eigenvalue weighted by Crippen LogP contribution is -2.48. The molecule has 1 N–H and O–H groups in total. The minimum atomic E-state index is 0.337. The number of benzene rings is 8. The Morgan fingerprint density at radius 1 is 0.453 bits per heavy atom. The summed E-state index contributed by atoms with van der Waals surface area (Å²) in [5, 5.41) is 19.4. The highest BCUT2D eigenvalue weighted by Gasteiger charge is 2.28. The maximum absolute atomic E-state index is 12.6. The Balaban J connectivity index is 1.52. The summed E-state index contributed by atoms with van der Waals surface area (Å²) in [4.78, 5) is 5.34. The maximum atomic E-state index is 12.6. The van der Waals surface area contributed by atoms with Gasteiger partial charge in [0.25, 0.3) is 0 Å². The fourth-order valence-electron chi connectivity index (χ4n) is 8.73. The molecule has 0 saturated carbocycles. The van der Waals surface area contributed by atoms with Gasteiger partial charge in [-0.25, -0.2) is 4.98 Å². The fraction of sp³-hybridized carbons (Fsp3) is 0. The van der Waals surface area contributed by atoms with Gasteiger partial charge in [0.15, 0.2) is 0 Å². The van der Waals surface area contributed by atoms with E-state index in [0.29, 0.717) is 5.75 Å². The van der Waals surface area contributed by atoms with Crippen molar-refractivity contribution in [2.24, 2.45) is 0 Å². The molecule has 0 saturated heterocycles. The van der Waals surface area contributed by atoms with Gasteiger partial charge >= 0.3 is 0 Å². The number of imidazole rings is 1. The van der Waals surface area contributed by atoms with Gasteiger partial charge in [-0.3, -0.25) is 4.57 Å². The molecule has 0 fully saturated rings. The number of fused-ring (bicyclic) bond motifs is 4. The molecule has 9 aromatic rings. The first kappa shape index (κ1) is 33.1. The van der Waals surface area contributed by atoms with E-state index in [0.717, 1.165) is 66.5 Å². The predicted octanol–water partition coefficient (Wildman–Crippen LogP) is -1.000. The van der Waals surface area contributed by atoms with Crippen LogP contribution in [-0.4, -0.2) is 69.6 Å². The molecule has 0 atom stereocenters. The number of hydrogen-bond acceptors (Lipinski definition) is 2. The van der Waals surface area contributed by atoms with Crippen molar-refractivity contribution in [1.82, 2.24) is 9.55 Å². The third-order valence-corrected chi connectivity index (χ3v) is 12.1. The number of rotatable bonds is 4. The lowest BCUT2D eigenvalue weighted by atomic mass is 9.61. The molecule has 0 unspecified atom stereocenters. The van der Waals surface area contributed by atoms with E-state index >= 15 is 0 Å². The Labute approximate surface area is 316 Å². The minimum Gasteiger partial charge on any atom is -0.508 e. The molecular weight excluding hydrogens is 636 g/mol. The van der Waals surface area contributed by atoms with Crippen molar-refractivity contribution in [3.8, 4) is 45.1 Å². The van der Waals surface area contributed by atoms with Crippen LogP contribution in [0.1, 0.15) is 0 Å². The topological polar surface area (TPSA) is 38.0 Å². The highest BCUT2D eigenvalue weighted by molar-refractivity contribution is 6.69. The van der Waals surface area contributed by atoms with Crippen LogP contribution in [0.25, 0.3) is 82.7 Å². The number of hydrogen-bond donors (Lipinski definition) is 1. The first-order valence-corrected chi connectivity index (χ1v) is 18.5. The highest BCUT2D eigenvalue weighted by Crippen LogP contribution is 2.47. The zero-order valence-electron chi connectivity index (χ0n) is 31.4. The molecule has 0 bridgehead atoms. The SMILES string of the molecule is Bc1c(B)c(B)c2c(-c3ccccc3-c3nc4ccccc4n3-c3ccccc3)c3c(O)c(B)c(B)c(B)c3c(-c3ccc4ccccc4c3)c2c1B. The molecule has 0 amide bonds. The second-order valence-electron chi connectivity index (χ2n) is 14.7. The average molecular weight is 671 g/mol. The van der Waals surface area contributed by atoms with Crippen LogP contribution in [0.3, 0.4) is 0 Å². The van der Waals surface area contributed by atoms with E-state index in [4.69, 9.17) is 4.98 Å². The van der Waals surface area contributed by atoms with E-state index in [9.17, 15) is 5.11 Å². The molecule has 0 aliphatic heterocycles. The lowest BCUT2D eigenvalue weighted by molar-refractivity contribution is 0.486. The van der Waals surface area contributed by atoms with Crippen molar-refractivity contribution >= 4 is 137 Å². The van der Waals surface area contributed by atoms with Crippen LogP contribution in [0.4, 0.5) is 0 Å². The van der Waals surface area contributed by atoms with E-state index in [1.165, 1.54) is 54.4 Å². The smallest absolute Gasteiger partial charge is 0.146 e. The molecule has 1 heterocycles. The van der Waals surface area contributed by atoms with E-state index < -0.39 is 0 Å². The summed E-state index contributed by atoms with van der Waals surface area (Å²) >= 11 is 0. The number of aromatic nitrogens is 2. The molecule has 10 heteroatoms. The molecule has 1 aromatic heterocycles. The summed E-state index contributed by atoms with van der Waals surface area (Å²) in [7, 11) is 15.5. The Bertz CT molecular complexity index is 2910. The standard InChI is InChI=1S/C43H35B7N2O/c44-35-31-29(23-19-18-21-10-4-5-11-22(21)20-23)32-34(42(53)41(50)40(49)36(32)45)30(33(31)37(46)39(48)38(35)47)25-14-6-7-15-26(25)43-51-27-16-8-9-17-28(27)52(43)24-12-2-1-3-13-24/h1-20,53H,44-50H2. The van der Waals surface area contributed by atoms with Crippen molar-refractivity contribution < 1.29 is 5.11 Å². The van der Waals surface area contributed by atoms with Gasteiger partial charge < -0.3 is 5.11 Å². The summed E-state index contributed by atoms with van der Waals surface area (Å²) in [6, 6.07) is 42.9. The molecule has 8 aromatic carbocycles. The molecular formula is C43H35B7N2O. The van der Waals surface area contributed by atoms with Crippen LogP contribution in [0.2, 0.25) is 0 Å². The molecule has 0 spiro atoms. The molecule has 3 nitrogen and oxygen atoms in total. The summed E-state index contributed by atoms with van der Waals surface area (Å²) < 4.78 is 2.27. The lowest BCUT2D eigenvalue weighted by Gasteiger charge is -2.28. The van der Waals surface area contributed by atoms with Gasteiger partial charge in [-0.1, -0.05) is 118 Å². The number of phenols is 1. The predicted molar refractivity (Wildman–Crippen MR) is 249 cm³/mol. The van der Waals surface area contributed by atoms with Crippen LogP contribution in [-0.2, 0) is 0 Å². The average Bonchev–Trinajstić information content (AvgIpc) is 3.59. The van der Waals surface area contributed by atoms with E-state index in [-0.39, 0.29) is 0 Å². The van der Waals surface area contributed by atoms with Crippen molar-refractivity contribution in [2.45, 2.75) is 0 Å². The van der Waals surface area contributed by atoms with Crippen molar-refractivity contribution in [1.29, 1.82) is 0 Å².